The average molecular weight is 307 g/mol. The van der Waals surface area contributed by atoms with Crippen LogP contribution in [0.25, 0.3) is 0 Å². The lowest BCUT2D eigenvalue weighted by Crippen LogP contribution is -2.15. The van der Waals surface area contributed by atoms with Crippen LogP contribution < -0.4 is 10.5 Å². The molecule has 1 aromatic carbocycles. The highest BCUT2D eigenvalue weighted by molar-refractivity contribution is 7.80. The summed E-state index contributed by atoms with van der Waals surface area (Å²) in [6.45, 7) is 4.18. The Balaban J connectivity index is 2.27. The van der Waals surface area contributed by atoms with E-state index < -0.39 is 0 Å². The van der Waals surface area contributed by atoms with Gasteiger partial charge in [0.05, 0.1) is 11.3 Å². The van der Waals surface area contributed by atoms with Crippen molar-refractivity contribution >= 4 is 28.8 Å². The SMILES string of the molecule is Cc1cc(OCc2cccc(Cl)c2)c(C(N)=S)c(C)n1. The molecule has 0 bridgehead atoms. The summed E-state index contributed by atoms with van der Waals surface area (Å²) in [5.74, 6) is 0.655. The van der Waals surface area contributed by atoms with E-state index >= 15 is 0 Å². The zero-order valence-electron chi connectivity index (χ0n) is 11.3. The molecule has 0 saturated heterocycles. The van der Waals surface area contributed by atoms with E-state index in [0.717, 1.165) is 17.0 Å². The summed E-state index contributed by atoms with van der Waals surface area (Å²) in [7, 11) is 0. The highest BCUT2D eigenvalue weighted by atomic mass is 35.5. The number of benzene rings is 1. The third-order valence-corrected chi connectivity index (χ3v) is 3.26. The van der Waals surface area contributed by atoms with Crippen molar-refractivity contribution in [2.45, 2.75) is 20.5 Å². The number of nitrogens with zero attached hydrogens (tertiary/aromatic N) is 1. The second kappa shape index (κ2) is 6.20. The molecule has 2 N–H and O–H groups in total. The van der Waals surface area contributed by atoms with Gasteiger partial charge in [-0.15, -0.1) is 0 Å². The lowest BCUT2D eigenvalue weighted by molar-refractivity contribution is 0.305. The third kappa shape index (κ3) is 3.46. The second-order valence-electron chi connectivity index (χ2n) is 4.51. The normalized spacial score (nSPS) is 10.3. The summed E-state index contributed by atoms with van der Waals surface area (Å²) in [6.07, 6.45) is 0. The van der Waals surface area contributed by atoms with Crippen molar-refractivity contribution < 1.29 is 4.74 Å². The predicted octanol–water partition coefficient (Wildman–Crippen LogP) is 3.57. The molecule has 0 saturated carbocycles. The average Bonchev–Trinajstić information content (AvgIpc) is 2.35. The number of hydrogen-bond acceptors (Lipinski definition) is 3. The molecule has 2 aromatic rings. The van der Waals surface area contributed by atoms with Gasteiger partial charge in [0.2, 0.25) is 0 Å². The highest BCUT2D eigenvalue weighted by Gasteiger charge is 2.12. The van der Waals surface area contributed by atoms with Gasteiger partial charge in [0.15, 0.2) is 0 Å². The minimum absolute atomic E-state index is 0.288. The first-order valence-corrected chi connectivity index (χ1v) is 6.91. The summed E-state index contributed by atoms with van der Waals surface area (Å²) < 4.78 is 5.84. The largest absolute Gasteiger partial charge is 0.488 e. The quantitative estimate of drug-likeness (QED) is 0.877. The predicted molar refractivity (Wildman–Crippen MR) is 85.4 cm³/mol. The summed E-state index contributed by atoms with van der Waals surface area (Å²) in [5, 5.41) is 0.683. The Bertz CT molecular complexity index is 658. The smallest absolute Gasteiger partial charge is 0.133 e. The molecule has 0 aliphatic carbocycles. The van der Waals surface area contributed by atoms with Crippen molar-refractivity contribution in [1.29, 1.82) is 0 Å². The van der Waals surface area contributed by atoms with Gasteiger partial charge in [-0.2, -0.15) is 0 Å². The van der Waals surface area contributed by atoms with Crippen LogP contribution in [0.4, 0.5) is 0 Å². The third-order valence-electron chi connectivity index (χ3n) is 2.82. The van der Waals surface area contributed by atoms with Crippen LogP contribution in [0, 0.1) is 13.8 Å². The minimum atomic E-state index is 0.288. The van der Waals surface area contributed by atoms with Crippen LogP contribution in [0.3, 0.4) is 0 Å². The highest BCUT2D eigenvalue weighted by Crippen LogP contribution is 2.23. The molecule has 104 valence electrons. The number of nitrogens with two attached hydrogens (primary N) is 1. The molecule has 5 heteroatoms. The number of aromatic nitrogens is 1. The molecule has 0 unspecified atom stereocenters. The van der Waals surface area contributed by atoms with Crippen LogP contribution in [0.15, 0.2) is 30.3 Å². The molecule has 0 atom stereocenters. The molecule has 0 amide bonds. The van der Waals surface area contributed by atoms with E-state index in [2.05, 4.69) is 4.98 Å². The Morgan fingerprint density at radius 3 is 2.75 bits per heavy atom. The van der Waals surface area contributed by atoms with Gasteiger partial charge in [0.1, 0.15) is 17.3 Å². The second-order valence-corrected chi connectivity index (χ2v) is 5.38. The van der Waals surface area contributed by atoms with Crippen molar-refractivity contribution in [2.24, 2.45) is 5.73 Å². The molecule has 3 nitrogen and oxygen atoms in total. The van der Waals surface area contributed by atoms with E-state index in [-0.39, 0.29) is 4.99 Å². The van der Waals surface area contributed by atoms with Gasteiger partial charge < -0.3 is 10.5 Å². The zero-order chi connectivity index (χ0) is 14.7. The first-order chi connectivity index (χ1) is 9.47. The molecular formula is C15H15ClN2OS. The van der Waals surface area contributed by atoms with Crippen molar-refractivity contribution in [3.8, 4) is 5.75 Å². The van der Waals surface area contributed by atoms with Gasteiger partial charge in [-0.25, -0.2) is 0 Å². The van der Waals surface area contributed by atoms with Gasteiger partial charge in [-0.3, -0.25) is 4.98 Å². The Labute approximate surface area is 128 Å². The lowest BCUT2D eigenvalue weighted by atomic mass is 10.1. The molecular weight excluding hydrogens is 292 g/mol. The molecule has 1 aromatic heterocycles. The van der Waals surface area contributed by atoms with Gasteiger partial charge in [-0.05, 0) is 31.5 Å². The first-order valence-electron chi connectivity index (χ1n) is 6.12. The number of rotatable bonds is 4. The number of thiocarbonyl (C=S) groups is 1. The Hall–Kier alpha value is -1.65. The van der Waals surface area contributed by atoms with Crippen LogP contribution in [0.1, 0.15) is 22.5 Å². The molecule has 0 spiro atoms. The summed E-state index contributed by atoms with van der Waals surface area (Å²) in [4.78, 5) is 4.64. The van der Waals surface area contributed by atoms with Crippen molar-refractivity contribution in [3.63, 3.8) is 0 Å². The van der Waals surface area contributed by atoms with Crippen molar-refractivity contribution in [3.05, 3.63) is 57.9 Å². The fourth-order valence-electron chi connectivity index (χ4n) is 1.99. The monoisotopic (exact) mass is 306 g/mol. The van der Waals surface area contributed by atoms with Crippen molar-refractivity contribution in [1.82, 2.24) is 4.98 Å². The summed E-state index contributed by atoms with van der Waals surface area (Å²) in [6, 6.07) is 9.37. The molecule has 0 fully saturated rings. The van der Waals surface area contributed by atoms with E-state index in [1.54, 1.807) is 0 Å². The molecule has 20 heavy (non-hydrogen) atoms. The molecule has 0 aliphatic heterocycles. The minimum Gasteiger partial charge on any atom is -0.488 e. The maximum Gasteiger partial charge on any atom is 0.133 e. The van der Waals surface area contributed by atoms with E-state index in [9.17, 15) is 0 Å². The fourth-order valence-corrected chi connectivity index (χ4v) is 2.46. The van der Waals surface area contributed by atoms with E-state index in [4.69, 9.17) is 34.3 Å². The zero-order valence-corrected chi connectivity index (χ0v) is 12.9. The maximum atomic E-state index is 5.95. The van der Waals surface area contributed by atoms with E-state index in [1.807, 2.05) is 44.2 Å². The Kier molecular flexibility index (Phi) is 4.57. The van der Waals surface area contributed by atoms with Crippen LogP contribution in [-0.4, -0.2) is 9.97 Å². The van der Waals surface area contributed by atoms with Crippen molar-refractivity contribution in [2.75, 3.05) is 0 Å². The van der Waals surface area contributed by atoms with Crippen LogP contribution >= 0.6 is 23.8 Å². The van der Waals surface area contributed by atoms with Gasteiger partial charge in [-0.1, -0.05) is 36.0 Å². The first kappa shape index (κ1) is 14.8. The van der Waals surface area contributed by atoms with Crippen LogP contribution in [-0.2, 0) is 6.61 Å². The molecule has 1 heterocycles. The van der Waals surface area contributed by atoms with Crippen LogP contribution in [0.2, 0.25) is 5.02 Å². The molecule has 2 rings (SSSR count). The lowest BCUT2D eigenvalue weighted by Gasteiger charge is -2.13. The molecule has 0 radical (unpaired) electrons. The topological polar surface area (TPSA) is 48.1 Å². The standard InChI is InChI=1S/C15H15ClN2OS/c1-9-6-13(14(15(17)20)10(2)18-9)19-8-11-4-3-5-12(16)7-11/h3-7H,8H2,1-2H3,(H2,17,20). The van der Waals surface area contributed by atoms with Gasteiger partial charge in [0.25, 0.3) is 0 Å². The molecule has 0 aliphatic rings. The summed E-state index contributed by atoms with van der Waals surface area (Å²) >= 11 is 11.0. The Morgan fingerprint density at radius 2 is 2.10 bits per heavy atom. The van der Waals surface area contributed by atoms with Gasteiger partial charge in [0, 0.05) is 16.8 Å². The number of ether oxygens (including phenoxy) is 1. The maximum absolute atomic E-state index is 5.95. The number of halogens is 1. The fraction of sp³-hybridized carbons (Fsp3) is 0.200. The summed E-state index contributed by atoms with van der Waals surface area (Å²) in [5.41, 5.74) is 9.06. The number of hydrogen-bond donors (Lipinski definition) is 1. The van der Waals surface area contributed by atoms with Gasteiger partial charge >= 0.3 is 0 Å². The van der Waals surface area contributed by atoms with Crippen LogP contribution in [0.5, 0.6) is 5.75 Å². The van der Waals surface area contributed by atoms with E-state index in [1.165, 1.54) is 0 Å². The Morgan fingerprint density at radius 1 is 1.35 bits per heavy atom. The number of pyridine rings is 1. The number of aryl methyl sites for hydroxylation is 2. The van der Waals surface area contributed by atoms with E-state index in [0.29, 0.717) is 22.9 Å².